The third-order valence-corrected chi connectivity index (χ3v) is 3.86. The first kappa shape index (κ1) is 18.0. The summed E-state index contributed by atoms with van der Waals surface area (Å²) in [5, 5.41) is 7.76. The number of aromatic nitrogens is 2. The van der Waals surface area contributed by atoms with Gasteiger partial charge in [-0.05, 0) is 19.7 Å². The van der Waals surface area contributed by atoms with Gasteiger partial charge in [-0.1, -0.05) is 30.3 Å². The lowest BCUT2D eigenvalue weighted by Gasteiger charge is -2.26. The minimum Gasteiger partial charge on any atom is -0.354 e. The molecule has 1 heterocycles. The van der Waals surface area contributed by atoms with E-state index in [4.69, 9.17) is 4.99 Å². The molecule has 0 fully saturated rings. The molecule has 1 unspecified atom stereocenters. The summed E-state index contributed by atoms with van der Waals surface area (Å²) in [6, 6.07) is 10.5. The van der Waals surface area contributed by atoms with Crippen molar-refractivity contribution in [3.63, 3.8) is 0 Å². The first-order valence-corrected chi connectivity index (χ1v) is 8.12. The number of nitrogens with zero attached hydrogens (tertiary/aromatic N) is 5. The molecule has 0 amide bonds. The number of hydrogen-bond donors (Lipinski definition) is 1. The molecule has 24 heavy (non-hydrogen) atoms. The molecule has 1 aromatic carbocycles. The molecular weight excluding hydrogens is 300 g/mol. The average Bonchev–Trinajstić information content (AvgIpc) is 2.97. The molecule has 1 aromatic heterocycles. The highest BCUT2D eigenvalue weighted by Crippen LogP contribution is 2.16. The monoisotopic (exact) mass is 328 g/mol. The van der Waals surface area contributed by atoms with Crippen molar-refractivity contribution in [1.82, 2.24) is 24.9 Å². The van der Waals surface area contributed by atoms with Crippen LogP contribution in [-0.4, -0.2) is 60.3 Å². The van der Waals surface area contributed by atoms with Gasteiger partial charge in [0, 0.05) is 39.4 Å². The van der Waals surface area contributed by atoms with Gasteiger partial charge in [0.2, 0.25) is 0 Å². The number of aryl methyl sites for hydroxylation is 1. The summed E-state index contributed by atoms with van der Waals surface area (Å²) in [5.74, 6) is 0.884. The van der Waals surface area contributed by atoms with Gasteiger partial charge in [0.25, 0.3) is 0 Å². The van der Waals surface area contributed by atoms with E-state index >= 15 is 0 Å². The molecule has 2 aromatic rings. The van der Waals surface area contributed by atoms with Crippen molar-refractivity contribution in [2.24, 2.45) is 12.0 Å². The van der Waals surface area contributed by atoms with E-state index in [0.717, 1.165) is 12.5 Å². The predicted molar refractivity (Wildman–Crippen MR) is 98.9 cm³/mol. The molecule has 1 atom stereocenters. The van der Waals surface area contributed by atoms with Gasteiger partial charge in [0.15, 0.2) is 5.96 Å². The molecule has 0 spiro atoms. The Morgan fingerprint density at radius 1 is 1.21 bits per heavy atom. The summed E-state index contributed by atoms with van der Waals surface area (Å²) < 4.78 is 1.84. The molecule has 1 N–H and O–H groups in total. The molecule has 0 radical (unpaired) electrons. The zero-order valence-corrected chi connectivity index (χ0v) is 15.3. The summed E-state index contributed by atoms with van der Waals surface area (Å²) in [6.07, 6.45) is 3.98. The molecule has 6 heteroatoms. The summed E-state index contributed by atoms with van der Waals surface area (Å²) in [6.45, 7) is 1.44. The number of hydrogen-bond acceptors (Lipinski definition) is 3. The lowest BCUT2D eigenvalue weighted by atomic mass is 10.1. The van der Waals surface area contributed by atoms with Crippen molar-refractivity contribution in [2.45, 2.75) is 12.6 Å². The first-order valence-electron chi connectivity index (χ1n) is 8.12. The van der Waals surface area contributed by atoms with E-state index in [1.54, 1.807) is 0 Å². The second kappa shape index (κ2) is 8.49. The van der Waals surface area contributed by atoms with Gasteiger partial charge in [-0.15, -0.1) is 0 Å². The Morgan fingerprint density at radius 2 is 1.92 bits per heavy atom. The first-order chi connectivity index (χ1) is 11.5. The highest BCUT2D eigenvalue weighted by molar-refractivity contribution is 5.79. The Bertz CT molecular complexity index is 645. The molecule has 0 aliphatic carbocycles. The molecular formula is C18H28N6. The second-order valence-electron chi connectivity index (χ2n) is 6.33. The fourth-order valence-corrected chi connectivity index (χ4v) is 2.50. The zero-order chi connectivity index (χ0) is 17.5. The maximum absolute atomic E-state index is 4.72. The lowest BCUT2D eigenvalue weighted by molar-refractivity contribution is 0.296. The molecule has 0 saturated heterocycles. The fourth-order valence-electron chi connectivity index (χ4n) is 2.50. The Labute approximate surface area is 144 Å². The van der Waals surface area contributed by atoms with Crippen LogP contribution in [0.15, 0.2) is 47.7 Å². The molecule has 0 bridgehead atoms. The van der Waals surface area contributed by atoms with E-state index in [1.165, 1.54) is 11.1 Å². The molecule has 0 aliphatic heterocycles. The van der Waals surface area contributed by atoms with Crippen LogP contribution in [0.2, 0.25) is 0 Å². The van der Waals surface area contributed by atoms with Crippen molar-refractivity contribution in [3.05, 3.63) is 53.9 Å². The van der Waals surface area contributed by atoms with E-state index in [-0.39, 0.29) is 6.04 Å². The standard InChI is InChI=1S/C18H28N6/c1-22(2)17(16-12-21-24(5)14-16)13-20-18(23(3)4)19-11-15-9-7-6-8-10-15/h6-10,12,14,17H,11,13H2,1-5H3,(H,19,20). The van der Waals surface area contributed by atoms with Crippen molar-refractivity contribution in [1.29, 1.82) is 0 Å². The van der Waals surface area contributed by atoms with Gasteiger partial charge in [-0.3, -0.25) is 4.68 Å². The van der Waals surface area contributed by atoms with Crippen LogP contribution in [0.3, 0.4) is 0 Å². The van der Waals surface area contributed by atoms with Crippen molar-refractivity contribution in [2.75, 3.05) is 34.7 Å². The topological polar surface area (TPSA) is 48.7 Å². The quantitative estimate of drug-likeness (QED) is 0.648. The SMILES string of the molecule is CN(C)C(=NCc1ccccc1)NCC(c1cnn(C)c1)N(C)C. The van der Waals surface area contributed by atoms with Crippen LogP contribution >= 0.6 is 0 Å². The summed E-state index contributed by atoms with van der Waals surface area (Å²) in [7, 11) is 10.1. The maximum Gasteiger partial charge on any atom is 0.193 e. The number of likely N-dealkylation sites (N-methyl/N-ethyl adjacent to an activating group) is 1. The Morgan fingerprint density at radius 3 is 2.46 bits per heavy atom. The maximum atomic E-state index is 4.72. The fraction of sp³-hybridized carbons (Fsp3) is 0.444. The van der Waals surface area contributed by atoms with Crippen LogP contribution < -0.4 is 5.32 Å². The van der Waals surface area contributed by atoms with E-state index in [2.05, 4.69) is 47.7 Å². The van der Waals surface area contributed by atoms with Crippen LogP contribution in [-0.2, 0) is 13.6 Å². The van der Waals surface area contributed by atoms with E-state index in [0.29, 0.717) is 6.54 Å². The number of guanidine groups is 1. The Hall–Kier alpha value is -2.34. The van der Waals surface area contributed by atoms with Crippen molar-refractivity contribution < 1.29 is 0 Å². The van der Waals surface area contributed by atoms with Crippen LogP contribution in [0.4, 0.5) is 0 Å². The highest BCUT2D eigenvalue weighted by atomic mass is 15.3. The van der Waals surface area contributed by atoms with Gasteiger partial charge >= 0.3 is 0 Å². The van der Waals surface area contributed by atoms with Gasteiger partial charge in [-0.2, -0.15) is 5.10 Å². The number of nitrogens with one attached hydrogen (secondary N) is 1. The van der Waals surface area contributed by atoms with Crippen molar-refractivity contribution in [3.8, 4) is 0 Å². The zero-order valence-electron chi connectivity index (χ0n) is 15.3. The van der Waals surface area contributed by atoms with Crippen LogP contribution in [0.25, 0.3) is 0 Å². The van der Waals surface area contributed by atoms with Crippen LogP contribution in [0, 0.1) is 0 Å². The smallest absolute Gasteiger partial charge is 0.193 e. The molecule has 130 valence electrons. The van der Waals surface area contributed by atoms with Crippen molar-refractivity contribution >= 4 is 5.96 Å². The van der Waals surface area contributed by atoms with E-state index < -0.39 is 0 Å². The molecule has 0 saturated carbocycles. The number of aliphatic imine (C=N–C) groups is 1. The second-order valence-corrected chi connectivity index (χ2v) is 6.33. The predicted octanol–water partition coefficient (Wildman–Crippen LogP) is 1.73. The third kappa shape index (κ3) is 5.09. The minimum absolute atomic E-state index is 0.237. The van der Waals surface area contributed by atoms with E-state index in [9.17, 15) is 0 Å². The van der Waals surface area contributed by atoms with Gasteiger partial charge < -0.3 is 15.1 Å². The van der Waals surface area contributed by atoms with Crippen LogP contribution in [0.5, 0.6) is 0 Å². The molecule has 6 nitrogen and oxygen atoms in total. The molecule has 2 rings (SSSR count). The average molecular weight is 328 g/mol. The molecule has 0 aliphatic rings. The third-order valence-electron chi connectivity index (χ3n) is 3.86. The van der Waals surface area contributed by atoms with Crippen LogP contribution in [0.1, 0.15) is 17.2 Å². The van der Waals surface area contributed by atoms with E-state index in [1.807, 2.05) is 55.1 Å². The van der Waals surface area contributed by atoms with Gasteiger partial charge in [-0.25, -0.2) is 4.99 Å². The Kier molecular flexibility index (Phi) is 6.37. The number of benzene rings is 1. The normalized spacial score (nSPS) is 13.2. The highest BCUT2D eigenvalue weighted by Gasteiger charge is 2.16. The lowest BCUT2D eigenvalue weighted by Crippen LogP contribution is -2.41. The van der Waals surface area contributed by atoms with Gasteiger partial charge in [0.1, 0.15) is 0 Å². The summed E-state index contributed by atoms with van der Waals surface area (Å²) >= 11 is 0. The Balaban J connectivity index is 2.04. The van der Waals surface area contributed by atoms with Gasteiger partial charge in [0.05, 0.1) is 18.8 Å². The summed E-state index contributed by atoms with van der Waals surface area (Å²) in [5.41, 5.74) is 2.39. The minimum atomic E-state index is 0.237. The largest absolute Gasteiger partial charge is 0.354 e. The number of rotatable bonds is 6. The summed E-state index contributed by atoms with van der Waals surface area (Å²) in [4.78, 5) is 8.92.